The second-order valence-electron chi connectivity index (χ2n) is 3.12. The highest BCUT2D eigenvalue weighted by Gasteiger charge is 2.25. The zero-order valence-corrected chi connectivity index (χ0v) is 8.51. The number of primary amides is 1. The lowest BCUT2D eigenvalue weighted by Gasteiger charge is -2.12. The van der Waals surface area contributed by atoms with Crippen molar-refractivity contribution in [3.63, 3.8) is 0 Å². The topological polar surface area (TPSA) is 96.0 Å². The second-order valence-corrected chi connectivity index (χ2v) is 3.12. The van der Waals surface area contributed by atoms with E-state index in [9.17, 15) is 9.59 Å². The number of hydrogen-bond donors (Lipinski definition) is 2. The number of carbonyl (C=O) groups excluding carboxylic acids is 2. The highest BCUT2D eigenvalue weighted by molar-refractivity contribution is 6.05. The van der Waals surface area contributed by atoms with Gasteiger partial charge in [0.1, 0.15) is 12.5 Å². The molecule has 0 bridgehead atoms. The molecule has 5 heteroatoms. The van der Waals surface area contributed by atoms with Crippen molar-refractivity contribution in [1.82, 2.24) is 5.32 Å². The Bertz CT molecular complexity index is 423. The molecule has 0 aliphatic carbocycles. The molecule has 1 aromatic carbocycles. The average Bonchev–Trinajstić information content (AvgIpc) is 2.27. The number of nitrogens with two attached hydrogens (primary N) is 1. The molecule has 0 heterocycles. The van der Waals surface area contributed by atoms with Crippen LogP contribution in [0.15, 0.2) is 30.3 Å². The van der Waals surface area contributed by atoms with Gasteiger partial charge in [-0.2, -0.15) is 5.26 Å². The van der Waals surface area contributed by atoms with Crippen molar-refractivity contribution >= 4 is 11.8 Å². The number of nitriles is 1. The lowest BCUT2D eigenvalue weighted by molar-refractivity contribution is -0.129. The summed E-state index contributed by atoms with van der Waals surface area (Å²) in [4.78, 5) is 22.8. The van der Waals surface area contributed by atoms with Gasteiger partial charge >= 0.3 is 0 Å². The molecule has 3 N–H and O–H groups in total. The van der Waals surface area contributed by atoms with Gasteiger partial charge in [-0.15, -0.1) is 0 Å². The van der Waals surface area contributed by atoms with Gasteiger partial charge in [-0.3, -0.25) is 9.59 Å². The van der Waals surface area contributed by atoms with E-state index in [2.05, 4.69) is 5.32 Å². The molecule has 82 valence electrons. The molecule has 0 saturated heterocycles. The minimum atomic E-state index is -1.05. The number of rotatable bonds is 4. The molecule has 5 nitrogen and oxygen atoms in total. The van der Waals surface area contributed by atoms with Crippen LogP contribution in [-0.2, 0) is 9.59 Å². The van der Waals surface area contributed by atoms with E-state index in [1.54, 1.807) is 36.4 Å². The molecule has 0 aliphatic rings. The van der Waals surface area contributed by atoms with Crippen LogP contribution in [0.4, 0.5) is 0 Å². The first-order valence-electron chi connectivity index (χ1n) is 4.65. The normalized spacial score (nSPS) is 11.2. The van der Waals surface area contributed by atoms with Gasteiger partial charge in [-0.1, -0.05) is 30.3 Å². The van der Waals surface area contributed by atoms with E-state index >= 15 is 0 Å². The number of benzene rings is 1. The van der Waals surface area contributed by atoms with Crippen molar-refractivity contribution in [2.75, 3.05) is 6.54 Å². The Balaban J connectivity index is 2.89. The van der Waals surface area contributed by atoms with Crippen LogP contribution < -0.4 is 11.1 Å². The van der Waals surface area contributed by atoms with Crippen LogP contribution in [0, 0.1) is 11.3 Å². The number of nitrogens with one attached hydrogen (secondary N) is 1. The third-order valence-electron chi connectivity index (χ3n) is 2.02. The fraction of sp³-hybridized carbons (Fsp3) is 0.182. The first-order chi connectivity index (χ1) is 7.66. The van der Waals surface area contributed by atoms with Crippen LogP contribution in [0.3, 0.4) is 0 Å². The summed E-state index contributed by atoms with van der Waals surface area (Å²) in [6.45, 7) is -0.143. The van der Waals surface area contributed by atoms with Crippen LogP contribution in [0.25, 0.3) is 0 Å². The van der Waals surface area contributed by atoms with E-state index < -0.39 is 17.7 Å². The predicted octanol–water partition coefficient (Wildman–Crippen LogP) is -0.105. The van der Waals surface area contributed by atoms with Gasteiger partial charge in [0.15, 0.2) is 0 Å². The Kier molecular flexibility index (Phi) is 4.04. The Hall–Kier alpha value is -2.35. The number of carbonyl (C=O) groups is 2. The molecule has 1 atom stereocenters. The smallest absolute Gasteiger partial charge is 0.237 e. The molecular formula is C11H11N3O2. The molecular weight excluding hydrogens is 206 g/mol. The second kappa shape index (κ2) is 5.51. The molecule has 0 saturated carbocycles. The summed E-state index contributed by atoms with van der Waals surface area (Å²) in [6, 6.07) is 10.2. The fourth-order valence-electron chi connectivity index (χ4n) is 1.32. The first-order valence-corrected chi connectivity index (χ1v) is 4.65. The van der Waals surface area contributed by atoms with Crippen LogP contribution in [0.2, 0.25) is 0 Å². The van der Waals surface area contributed by atoms with Crippen molar-refractivity contribution < 1.29 is 9.59 Å². The minimum Gasteiger partial charge on any atom is -0.369 e. The third-order valence-corrected chi connectivity index (χ3v) is 2.02. The molecule has 1 rings (SSSR count). The van der Waals surface area contributed by atoms with Crippen molar-refractivity contribution in [2.45, 2.75) is 5.92 Å². The van der Waals surface area contributed by atoms with Crippen molar-refractivity contribution in [3.8, 4) is 6.07 Å². The predicted molar refractivity (Wildman–Crippen MR) is 57.0 cm³/mol. The van der Waals surface area contributed by atoms with Crippen LogP contribution in [0.5, 0.6) is 0 Å². The van der Waals surface area contributed by atoms with Crippen LogP contribution >= 0.6 is 0 Å². The molecule has 0 radical (unpaired) electrons. The molecule has 0 fully saturated rings. The molecule has 16 heavy (non-hydrogen) atoms. The maximum Gasteiger partial charge on any atom is 0.237 e. The summed E-state index contributed by atoms with van der Waals surface area (Å²) in [7, 11) is 0. The quantitative estimate of drug-likeness (QED) is 0.544. The van der Waals surface area contributed by atoms with Gasteiger partial charge in [-0.25, -0.2) is 0 Å². The lowest BCUT2D eigenvalue weighted by atomic mass is 9.98. The monoisotopic (exact) mass is 217 g/mol. The molecule has 2 amide bonds. The van der Waals surface area contributed by atoms with Crippen molar-refractivity contribution in [2.24, 2.45) is 5.73 Å². The average molecular weight is 217 g/mol. The minimum absolute atomic E-state index is 0.143. The van der Waals surface area contributed by atoms with E-state index in [4.69, 9.17) is 11.0 Å². The molecule has 1 unspecified atom stereocenters. The van der Waals surface area contributed by atoms with E-state index in [0.29, 0.717) is 5.56 Å². The van der Waals surface area contributed by atoms with Gasteiger partial charge in [0, 0.05) is 0 Å². The Morgan fingerprint density at radius 1 is 1.38 bits per heavy atom. The zero-order chi connectivity index (χ0) is 12.0. The fourth-order valence-corrected chi connectivity index (χ4v) is 1.32. The van der Waals surface area contributed by atoms with Gasteiger partial charge in [0.05, 0.1) is 6.07 Å². The molecule has 1 aromatic rings. The highest BCUT2D eigenvalue weighted by atomic mass is 16.2. The highest BCUT2D eigenvalue weighted by Crippen LogP contribution is 2.14. The van der Waals surface area contributed by atoms with E-state index in [-0.39, 0.29) is 6.54 Å². The van der Waals surface area contributed by atoms with Crippen LogP contribution in [-0.4, -0.2) is 18.4 Å². The number of hydrogen-bond acceptors (Lipinski definition) is 3. The van der Waals surface area contributed by atoms with Crippen molar-refractivity contribution in [1.29, 1.82) is 5.26 Å². The van der Waals surface area contributed by atoms with Gasteiger partial charge in [0.25, 0.3) is 0 Å². The number of nitrogens with zero attached hydrogens (tertiary/aromatic N) is 1. The summed E-state index contributed by atoms with van der Waals surface area (Å²) in [5.74, 6) is -2.34. The Labute approximate surface area is 92.9 Å². The molecule has 0 aromatic heterocycles. The molecule has 0 aliphatic heterocycles. The van der Waals surface area contributed by atoms with E-state index in [0.717, 1.165) is 0 Å². The Morgan fingerprint density at radius 2 is 2.00 bits per heavy atom. The SMILES string of the molecule is N#CCNC(=O)C(C(N)=O)c1ccccc1. The summed E-state index contributed by atoms with van der Waals surface area (Å²) in [5, 5.41) is 10.6. The molecule has 0 spiro atoms. The van der Waals surface area contributed by atoms with Gasteiger partial charge < -0.3 is 11.1 Å². The van der Waals surface area contributed by atoms with Crippen molar-refractivity contribution in [3.05, 3.63) is 35.9 Å². The summed E-state index contributed by atoms with van der Waals surface area (Å²) >= 11 is 0. The van der Waals surface area contributed by atoms with E-state index in [1.807, 2.05) is 0 Å². The summed E-state index contributed by atoms with van der Waals surface area (Å²) in [5.41, 5.74) is 5.68. The van der Waals surface area contributed by atoms with Gasteiger partial charge in [-0.05, 0) is 5.56 Å². The van der Waals surface area contributed by atoms with Gasteiger partial charge in [0.2, 0.25) is 11.8 Å². The van der Waals surface area contributed by atoms with Crippen LogP contribution in [0.1, 0.15) is 11.5 Å². The zero-order valence-electron chi connectivity index (χ0n) is 8.51. The first kappa shape index (κ1) is 11.7. The third kappa shape index (κ3) is 2.82. The maximum absolute atomic E-state index is 11.6. The van der Waals surface area contributed by atoms with E-state index in [1.165, 1.54) is 0 Å². The Morgan fingerprint density at radius 3 is 2.50 bits per heavy atom. The summed E-state index contributed by atoms with van der Waals surface area (Å²) in [6.07, 6.45) is 0. The summed E-state index contributed by atoms with van der Waals surface area (Å²) < 4.78 is 0. The largest absolute Gasteiger partial charge is 0.369 e. The maximum atomic E-state index is 11.6. The lowest BCUT2D eigenvalue weighted by Crippen LogP contribution is -2.37. The number of amides is 2. The standard InChI is InChI=1S/C11H11N3O2/c12-6-7-14-11(16)9(10(13)15)8-4-2-1-3-5-8/h1-5,9H,7H2,(H2,13,15)(H,14,16).